The van der Waals surface area contributed by atoms with Crippen LogP contribution in [0, 0.1) is 10.8 Å². The fraction of sp³-hybridized carbons (Fsp3) is 0.375. The number of hydrogen-bond donors (Lipinski definition) is 1. The molecule has 2 heterocycles. The molecule has 2 aromatic carbocycles. The van der Waals surface area contributed by atoms with E-state index in [9.17, 15) is 24.3 Å². The first kappa shape index (κ1) is 26.8. The van der Waals surface area contributed by atoms with Crippen LogP contribution in [0.4, 0.5) is 0 Å². The molecule has 1 fully saturated rings. The van der Waals surface area contributed by atoms with Gasteiger partial charge in [-0.25, -0.2) is 23.5 Å². The van der Waals surface area contributed by atoms with E-state index in [2.05, 4.69) is 0 Å². The Labute approximate surface area is 237 Å². The summed E-state index contributed by atoms with van der Waals surface area (Å²) in [6.45, 7) is 7.39. The average molecular weight is 556 g/mol. The van der Waals surface area contributed by atoms with Crippen LogP contribution in [0.2, 0.25) is 0 Å². The van der Waals surface area contributed by atoms with Crippen LogP contribution in [-0.2, 0) is 29.8 Å². The molecular formula is C32H33N3O6. The van der Waals surface area contributed by atoms with Crippen molar-refractivity contribution < 1.29 is 19.4 Å². The molecule has 0 saturated heterocycles. The molecule has 212 valence electrons. The quantitative estimate of drug-likeness (QED) is 0.490. The SMILES string of the molecule is CC1=C(C)C(=O)[C@@]2(C)[C@@H](c3ccc(OCc4ccccc4)cc3O)C3=CCn4c(=O)n(C)c(=O)n4[C@@H]3C[C@@]2(C)C1=O. The van der Waals surface area contributed by atoms with Crippen LogP contribution in [0.1, 0.15) is 57.2 Å². The summed E-state index contributed by atoms with van der Waals surface area (Å²) in [6, 6.07) is 14.0. The van der Waals surface area contributed by atoms with Crippen molar-refractivity contribution >= 4 is 11.6 Å². The van der Waals surface area contributed by atoms with Crippen LogP contribution in [0.15, 0.2) is 80.9 Å². The molecule has 1 saturated carbocycles. The minimum Gasteiger partial charge on any atom is -0.508 e. The molecule has 9 nitrogen and oxygen atoms in total. The van der Waals surface area contributed by atoms with Crippen LogP contribution in [0.3, 0.4) is 0 Å². The lowest BCUT2D eigenvalue weighted by atomic mass is 9.43. The van der Waals surface area contributed by atoms with E-state index in [1.165, 1.54) is 22.5 Å². The van der Waals surface area contributed by atoms with Gasteiger partial charge in [-0.3, -0.25) is 9.59 Å². The predicted octanol–water partition coefficient (Wildman–Crippen LogP) is 3.80. The summed E-state index contributed by atoms with van der Waals surface area (Å²) >= 11 is 0. The van der Waals surface area contributed by atoms with Gasteiger partial charge in [0.05, 0.1) is 18.0 Å². The highest BCUT2D eigenvalue weighted by Gasteiger charge is 2.67. The number of aromatic nitrogens is 3. The molecule has 3 aromatic rings. The first-order valence-electron chi connectivity index (χ1n) is 13.8. The average Bonchev–Trinajstić information content (AvgIpc) is 3.19. The Hall–Kier alpha value is -4.40. The van der Waals surface area contributed by atoms with Crippen LogP contribution in [-0.4, -0.2) is 30.6 Å². The van der Waals surface area contributed by atoms with E-state index in [0.717, 1.165) is 15.7 Å². The fourth-order valence-corrected chi connectivity index (χ4v) is 7.25. The summed E-state index contributed by atoms with van der Waals surface area (Å²) in [5.74, 6) is -0.664. The van der Waals surface area contributed by atoms with Crippen molar-refractivity contribution in [3.8, 4) is 11.5 Å². The molecule has 41 heavy (non-hydrogen) atoms. The van der Waals surface area contributed by atoms with Crippen LogP contribution in [0.25, 0.3) is 0 Å². The number of fused-ring (bicyclic) bond motifs is 4. The fourth-order valence-electron chi connectivity index (χ4n) is 7.25. The van der Waals surface area contributed by atoms with Crippen molar-refractivity contribution in [3.63, 3.8) is 0 Å². The van der Waals surface area contributed by atoms with Gasteiger partial charge in [-0.2, -0.15) is 0 Å². The third-order valence-electron chi connectivity index (χ3n) is 9.87. The van der Waals surface area contributed by atoms with E-state index in [-0.39, 0.29) is 30.3 Å². The number of allylic oxidation sites excluding steroid dienone is 4. The van der Waals surface area contributed by atoms with Gasteiger partial charge >= 0.3 is 11.4 Å². The van der Waals surface area contributed by atoms with E-state index in [1.54, 1.807) is 39.8 Å². The van der Waals surface area contributed by atoms with Crippen molar-refractivity contribution in [1.29, 1.82) is 0 Å². The highest BCUT2D eigenvalue weighted by Crippen LogP contribution is 2.66. The monoisotopic (exact) mass is 555 g/mol. The minimum atomic E-state index is -1.25. The normalized spacial score (nSPS) is 27.2. The van der Waals surface area contributed by atoms with E-state index < -0.39 is 34.2 Å². The second kappa shape index (κ2) is 9.06. The number of Topliss-reactive ketones (excluding diaryl/α,β-unsaturated/α-hetero) is 2. The molecule has 4 atom stereocenters. The molecule has 0 bridgehead atoms. The van der Waals surface area contributed by atoms with Crippen molar-refractivity contribution in [3.05, 3.63) is 103 Å². The van der Waals surface area contributed by atoms with Crippen LogP contribution in [0.5, 0.6) is 11.5 Å². The number of aromatic hydroxyl groups is 1. The summed E-state index contributed by atoms with van der Waals surface area (Å²) < 4.78 is 9.79. The zero-order valence-corrected chi connectivity index (χ0v) is 23.8. The first-order valence-corrected chi connectivity index (χ1v) is 13.8. The van der Waals surface area contributed by atoms with Gasteiger partial charge in [0, 0.05) is 30.0 Å². The Kier molecular flexibility index (Phi) is 5.92. The maximum absolute atomic E-state index is 14.2. The summed E-state index contributed by atoms with van der Waals surface area (Å²) in [4.78, 5) is 54.4. The molecule has 2 aliphatic carbocycles. The van der Waals surface area contributed by atoms with Gasteiger partial charge in [0.1, 0.15) is 18.1 Å². The maximum Gasteiger partial charge on any atom is 0.347 e. The van der Waals surface area contributed by atoms with Gasteiger partial charge in [-0.05, 0) is 48.6 Å². The second-order valence-corrected chi connectivity index (χ2v) is 11.8. The molecule has 0 unspecified atom stereocenters. The number of carbonyl (C=O) groups is 2. The number of benzene rings is 2. The number of hydrogen-bond acceptors (Lipinski definition) is 6. The van der Waals surface area contributed by atoms with Gasteiger partial charge in [0.25, 0.3) is 0 Å². The van der Waals surface area contributed by atoms with Crippen molar-refractivity contribution in [2.24, 2.45) is 17.9 Å². The third kappa shape index (κ3) is 3.54. The molecule has 0 spiro atoms. The third-order valence-corrected chi connectivity index (χ3v) is 9.87. The number of phenolic OH excluding ortho intramolecular Hbond substituents is 1. The molecule has 1 N–H and O–H groups in total. The lowest BCUT2D eigenvalue weighted by Crippen LogP contribution is -2.61. The number of rotatable bonds is 4. The molecular weight excluding hydrogens is 522 g/mol. The summed E-state index contributed by atoms with van der Waals surface area (Å²) in [5, 5.41) is 11.4. The van der Waals surface area contributed by atoms with Gasteiger partial charge in [-0.1, -0.05) is 56.3 Å². The summed E-state index contributed by atoms with van der Waals surface area (Å²) in [7, 11) is 1.43. The van der Waals surface area contributed by atoms with Gasteiger partial charge in [0.2, 0.25) is 0 Å². The van der Waals surface area contributed by atoms with Gasteiger partial charge < -0.3 is 9.84 Å². The molecule has 1 aliphatic heterocycles. The maximum atomic E-state index is 14.2. The number of ketones is 2. The Morgan fingerprint density at radius 2 is 1.63 bits per heavy atom. The lowest BCUT2D eigenvalue weighted by Gasteiger charge is -2.58. The zero-order valence-electron chi connectivity index (χ0n) is 23.8. The summed E-state index contributed by atoms with van der Waals surface area (Å²) in [6.07, 6.45) is 2.04. The van der Waals surface area contributed by atoms with Crippen molar-refractivity contribution in [2.75, 3.05) is 0 Å². The Bertz CT molecular complexity index is 1810. The number of nitrogens with zero attached hydrogens (tertiary/aromatic N) is 3. The van der Waals surface area contributed by atoms with E-state index in [1.807, 2.05) is 36.4 Å². The topological polar surface area (TPSA) is 113 Å². The lowest BCUT2D eigenvalue weighted by molar-refractivity contribution is -0.151. The van der Waals surface area contributed by atoms with Crippen LogP contribution >= 0.6 is 0 Å². The Balaban J connectivity index is 1.52. The molecule has 3 aliphatic rings. The number of ether oxygens (including phenoxy) is 1. The van der Waals surface area contributed by atoms with E-state index >= 15 is 0 Å². The zero-order chi connectivity index (χ0) is 29.4. The highest BCUT2D eigenvalue weighted by atomic mass is 16.5. The second-order valence-electron chi connectivity index (χ2n) is 11.8. The Morgan fingerprint density at radius 3 is 2.32 bits per heavy atom. The summed E-state index contributed by atoms with van der Waals surface area (Å²) in [5.41, 5.74) is -0.387. The number of phenols is 1. The highest BCUT2D eigenvalue weighted by molar-refractivity contribution is 6.17. The molecule has 0 radical (unpaired) electrons. The van der Waals surface area contributed by atoms with Gasteiger partial charge in [0.15, 0.2) is 11.6 Å². The van der Waals surface area contributed by atoms with Crippen molar-refractivity contribution in [1.82, 2.24) is 13.9 Å². The molecule has 1 aromatic heterocycles. The smallest absolute Gasteiger partial charge is 0.347 e. The first-order chi connectivity index (χ1) is 19.4. The largest absolute Gasteiger partial charge is 0.508 e. The standard InChI is InChI=1S/C32H33N3O6/c1-18-19(2)28(38)32(4)26(23-12-11-21(15-25(23)36)41-17-20-9-7-6-8-10-20)22-13-14-34-29(39)33(5)30(40)35(34)24(22)16-31(32,3)27(18)37/h6-13,15,24,26,36H,14,16-17H2,1-5H3/t24-,26-,31+,32-/m1/s1. The van der Waals surface area contributed by atoms with Crippen LogP contribution < -0.4 is 16.1 Å². The Morgan fingerprint density at radius 1 is 0.951 bits per heavy atom. The predicted molar refractivity (Wildman–Crippen MR) is 152 cm³/mol. The van der Waals surface area contributed by atoms with E-state index in [4.69, 9.17) is 4.74 Å². The molecule has 9 heteroatoms. The molecule has 0 amide bonds. The van der Waals surface area contributed by atoms with E-state index in [0.29, 0.717) is 29.1 Å². The van der Waals surface area contributed by atoms with Gasteiger partial charge in [-0.15, -0.1) is 0 Å². The minimum absolute atomic E-state index is 0.0711. The number of carbonyl (C=O) groups excluding carboxylic acids is 2. The molecule has 6 rings (SSSR count). The van der Waals surface area contributed by atoms with Crippen molar-refractivity contribution in [2.45, 2.75) is 59.2 Å².